The highest BCUT2D eigenvalue weighted by atomic mass is 79.9. The zero-order valence-electron chi connectivity index (χ0n) is 13.7. The molecule has 0 aliphatic rings. The largest absolute Gasteiger partial charge is 1.00 e. The van der Waals surface area contributed by atoms with Crippen LogP contribution < -0.4 is 17.0 Å². The van der Waals surface area contributed by atoms with Crippen LogP contribution >= 0.6 is 0 Å². The number of nitrogens with zero attached hydrogens (tertiary/aromatic N) is 1. The normalized spacial score (nSPS) is 11.4. The molecule has 0 aromatic heterocycles. The van der Waals surface area contributed by atoms with Gasteiger partial charge in [0.1, 0.15) is 6.54 Å². The number of quaternary nitrogens is 1. The first-order chi connectivity index (χ1) is 8.62. The van der Waals surface area contributed by atoms with Crippen molar-refractivity contribution in [1.82, 2.24) is 0 Å². The number of ether oxygens (including phenoxy) is 1. The molecule has 0 aliphatic heterocycles. The van der Waals surface area contributed by atoms with E-state index in [1.54, 1.807) is 0 Å². The average Bonchev–Trinajstić information content (AvgIpc) is 2.33. The first-order valence-electron chi connectivity index (χ1n) is 8.02. The fraction of sp³-hybridized carbons (Fsp3) is 1.00. The minimum Gasteiger partial charge on any atom is -1.00 e. The van der Waals surface area contributed by atoms with Gasteiger partial charge in [0, 0.05) is 6.61 Å². The van der Waals surface area contributed by atoms with Crippen molar-refractivity contribution < 1.29 is 26.2 Å². The van der Waals surface area contributed by atoms with E-state index in [2.05, 4.69) is 27.9 Å². The lowest BCUT2D eigenvalue weighted by Crippen LogP contribution is -3.00. The van der Waals surface area contributed by atoms with Crippen molar-refractivity contribution in [3.8, 4) is 0 Å². The standard InChI is InChI=1S/C16H36NO.BrH/c1-5-7-8-9-10-11-12-13-14-17(3,4)15-16-18-6-2;/h5-16H2,1-4H3;1H/q+1;/p-1. The maximum absolute atomic E-state index is 5.44. The van der Waals surface area contributed by atoms with Gasteiger partial charge in [-0.15, -0.1) is 0 Å². The van der Waals surface area contributed by atoms with Crippen LogP contribution in [0.5, 0.6) is 0 Å². The Morgan fingerprint density at radius 3 is 1.79 bits per heavy atom. The Morgan fingerprint density at radius 2 is 1.26 bits per heavy atom. The topological polar surface area (TPSA) is 9.23 Å². The molecule has 0 bridgehead atoms. The molecule has 3 heteroatoms. The van der Waals surface area contributed by atoms with Crippen LogP contribution in [0.1, 0.15) is 65.2 Å². The number of unbranched alkanes of at least 4 members (excludes halogenated alkanes) is 7. The molecule has 2 nitrogen and oxygen atoms in total. The van der Waals surface area contributed by atoms with Gasteiger partial charge in [-0.3, -0.25) is 0 Å². The van der Waals surface area contributed by atoms with Gasteiger partial charge < -0.3 is 26.2 Å². The van der Waals surface area contributed by atoms with Crippen molar-refractivity contribution in [2.24, 2.45) is 0 Å². The third kappa shape index (κ3) is 16.3. The van der Waals surface area contributed by atoms with Gasteiger partial charge in [0.15, 0.2) is 0 Å². The van der Waals surface area contributed by atoms with E-state index >= 15 is 0 Å². The number of hydrogen-bond donors (Lipinski definition) is 0. The van der Waals surface area contributed by atoms with Crippen LogP contribution in [0.2, 0.25) is 0 Å². The SMILES string of the molecule is CCCCCCCCCC[N+](C)(C)CCOCC.[Br-]. The Hall–Kier alpha value is 0.400. The van der Waals surface area contributed by atoms with Crippen LogP contribution in [0.25, 0.3) is 0 Å². The third-order valence-electron chi connectivity index (χ3n) is 3.66. The molecule has 0 atom stereocenters. The molecular formula is C16H36BrNO. The van der Waals surface area contributed by atoms with Crippen molar-refractivity contribution in [2.45, 2.75) is 65.2 Å². The number of likely N-dealkylation sites (N-methyl/N-ethyl adjacent to an activating group) is 1. The van der Waals surface area contributed by atoms with E-state index < -0.39 is 0 Å². The van der Waals surface area contributed by atoms with Gasteiger partial charge in [0.2, 0.25) is 0 Å². The number of rotatable bonds is 13. The number of halogens is 1. The summed E-state index contributed by atoms with van der Waals surface area (Å²) < 4.78 is 6.54. The van der Waals surface area contributed by atoms with Crippen LogP contribution in [0.4, 0.5) is 0 Å². The summed E-state index contributed by atoms with van der Waals surface area (Å²) in [5.41, 5.74) is 0. The monoisotopic (exact) mass is 337 g/mol. The fourth-order valence-electron chi connectivity index (χ4n) is 2.24. The van der Waals surface area contributed by atoms with Crippen LogP contribution in [0.3, 0.4) is 0 Å². The molecule has 0 heterocycles. The maximum atomic E-state index is 5.44. The summed E-state index contributed by atoms with van der Waals surface area (Å²) in [7, 11) is 4.64. The molecule has 0 radical (unpaired) electrons. The molecule has 0 N–H and O–H groups in total. The van der Waals surface area contributed by atoms with E-state index in [0.717, 1.165) is 24.2 Å². The zero-order valence-corrected chi connectivity index (χ0v) is 15.3. The van der Waals surface area contributed by atoms with Gasteiger partial charge in [-0.05, 0) is 19.8 Å². The predicted molar refractivity (Wildman–Crippen MR) is 80.9 cm³/mol. The Labute approximate surface area is 132 Å². The van der Waals surface area contributed by atoms with Crippen molar-refractivity contribution in [2.75, 3.05) is 40.4 Å². The zero-order chi connectivity index (χ0) is 13.7. The molecule has 0 fully saturated rings. The molecule has 0 aliphatic carbocycles. The first-order valence-corrected chi connectivity index (χ1v) is 8.02. The summed E-state index contributed by atoms with van der Waals surface area (Å²) in [5.74, 6) is 0. The highest BCUT2D eigenvalue weighted by Crippen LogP contribution is 2.10. The van der Waals surface area contributed by atoms with Gasteiger partial charge in [0.25, 0.3) is 0 Å². The van der Waals surface area contributed by atoms with E-state index in [9.17, 15) is 0 Å². The molecule has 0 aromatic carbocycles. The Balaban J connectivity index is 0. The minimum absolute atomic E-state index is 0. The van der Waals surface area contributed by atoms with E-state index in [0.29, 0.717) is 0 Å². The highest BCUT2D eigenvalue weighted by Gasteiger charge is 2.13. The van der Waals surface area contributed by atoms with Gasteiger partial charge in [0.05, 0.1) is 27.2 Å². The Bertz CT molecular complexity index is 174. The minimum atomic E-state index is 0. The summed E-state index contributed by atoms with van der Waals surface area (Å²) in [6.07, 6.45) is 11.3. The summed E-state index contributed by atoms with van der Waals surface area (Å²) in [5, 5.41) is 0. The predicted octanol–water partition coefficient (Wildman–Crippen LogP) is 1.24. The molecule has 0 amide bonds. The second-order valence-electron chi connectivity index (χ2n) is 6.05. The average molecular weight is 338 g/mol. The highest BCUT2D eigenvalue weighted by molar-refractivity contribution is 4.46. The summed E-state index contributed by atoms with van der Waals surface area (Å²) in [4.78, 5) is 0. The molecule has 0 saturated heterocycles. The van der Waals surface area contributed by atoms with Crippen molar-refractivity contribution >= 4 is 0 Å². The van der Waals surface area contributed by atoms with Gasteiger partial charge in [-0.2, -0.15) is 0 Å². The second-order valence-corrected chi connectivity index (χ2v) is 6.05. The second kappa shape index (κ2) is 14.8. The fourth-order valence-corrected chi connectivity index (χ4v) is 2.24. The lowest BCUT2D eigenvalue weighted by molar-refractivity contribution is -0.890. The van der Waals surface area contributed by atoms with Crippen LogP contribution in [0.15, 0.2) is 0 Å². The van der Waals surface area contributed by atoms with Crippen LogP contribution in [-0.2, 0) is 4.74 Å². The van der Waals surface area contributed by atoms with Crippen LogP contribution in [0, 0.1) is 0 Å². The number of hydrogen-bond acceptors (Lipinski definition) is 1. The quantitative estimate of drug-likeness (QED) is 0.363. The smallest absolute Gasteiger partial charge is 0.102 e. The Morgan fingerprint density at radius 1 is 0.737 bits per heavy atom. The van der Waals surface area contributed by atoms with Gasteiger partial charge >= 0.3 is 0 Å². The molecule has 19 heavy (non-hydrogen) atoms. The third-order valence-corrected chi connectivity index (χ3v) is 3.66. The van der Waals surface area contributed by atoms with Gasteiger partial charge in [-0.1, -0.05) is 45.4 Å². The molecule has 118 valence electrons. The van der Waals surface area contributed by atoms with E-state index in [1.165, 1.54) is 57.9 Å². The molecular weight excluding hydrogens is 302 g/mol. The summed E-state index contributed by atoms with van der Waals surface area (Å²) in [6.45, 7) is 8.53. The summed E-state index contributed by atoms with van der Waals surface area (Å²) >= 11 is 0. The molecule has 0 rings (SSSR count). The first kappa shape index (κ1) is 21.7. The van der Waals surface area contributed by atoms with Crippen molar-refractivity contribution in [1.29, 1.82) is 0 Å². The van der Waals surface area contributed by atoms with Crippen molar-refractivity contribution in [3.63, 3.8) is 0 Å². The summed E-state index contributed by atoms with van der Waals surface area (Å²) in [6, 6.07) is 0. The van der Waals surface area contributed by atoms with E-state index in [4.69, 9.17) is 4.74 Å². The van der Waals surface area contributed by atoms with E-state index in [-0.39, 0.29) is 17.0 Å². The lowest BCUT2D eigenvalue weighted by Gasteiger charge is -2.29. The van der Waals surface area contributed by atoms with Crippen LogP contribution in [-0.4, -0.2) is 44.9 Å². The molecule has 0 unspecified atom stereocenters. The lowest BCUT2D eigenvalue weighted by atomic mass is 10.1. The maximum Gasteiger partial charge on any atom is 0.102 e. The van der Waals surface area contributed by atoms with E-state index in [1.807, 2.05) is 0 Å². The molecule has 0 aromatic rings. The molecule has 0 saturated carbocycles. The Kier molecular flexibility index (Phi) is 16.9. The molecule has 0 spiro atoms. The van der Waals surface area contributed by atoms with Gasteiger partial charge in [-0.25, -0.2) is 0 Å². The van der Waals surface area contributed by atoms with Crippen molar-refractivity contribution in [3.05, 3.63) is 0 Å².